The smallest absolute Gasteiger partial charge is 0.175 e. The maximum absolute atomic E-state index is 11.4. The van der Waals surface area contributed by atoms with Crippen LogP contribution in [0.2, 0.25) is 0 Å². The number of aliphatic hydroxyl groups is 1. The molecule has 0 heterocycles. The summed E-state index contributed by atoms with van der Waals surface area (Å²) in [5.74, 6) is 0.685. The molecule has 6 heteroatoms. The van der Waals surface area contributed by atoms with Crippen LogP contribution in [-0.2, 0) is 9.84 Å². The first-order valence-corrected chi connectivity index (χ1v) is 8.83. The summed E-state index contributed by atoms with van der Waals surface area (Å²) in [6.45, 7) is 0. The lowest BCUT2D eigenvalue weighted by molar-refractivity contribution is 0.219. The number of hydrogen-bond acceptors (Lipinski definition) is 4. The van der Waals surface area contributed by atoms with Gasteiger partial charge in [-0.2, -0.15) is 0 Å². The fourth-order valence-electron chi connectivity index (χ4n) is 1.93. The van der Waals surface area contributed by atoms with Crippen molar-refractivity contribution in [1.82, 2.24) is 0 Å². The van der Waals surface area contributed by atoms with Gasteiger partial charge in [-0.15, -0.1) is 0 Å². The Morgan fingerprint density at radius 3 is 2.24 bits per heavy atom. The van der Waals surface area contributed by atoms with E-state index >= 15 is 0 Å². The third-order valence-electron chi connectivity index (χ3n) is 3.13. The van der Waals surface area contributed by atoms with E-state index in [1.54, 1.807) is 37.4 Å². The van der Waals surface area contributed by atoms with Crippen LogP contribution < -0.4 is 4.74 Å². The minimum atomic E-state index is -3.23. The lowest BCUT2D eigenvalue weighted by Gasteiger charge is -2.14. The summed E-state index contributed by atoms with van der Waals surface area (Å²) < 4.78 is 28.7. The molecule has 112 valence electrons. The molecule has 0 fully saturated rings. The molecule has 0 bridgehead atoms. The Labute approximate surface area is 132 Å². The molecule has 0 aliphatic heterocycles. The highest BCUT2D eigenvalue weighted by atomic mass is 79.9. The lowest BCUT2D eigenvalue weighted by atomic mass is 10.0. The topological polar surface area (TPSA) is 63.6 Å². The van der Waals surface area contributed by atoms with Gasteiger partial charge in [-0.1, -0.05) is 34.1 Å². The molecule has 0 aliphatic rings. The number of ether oxygens (including phenoxy) is 1. The number of halogens is 1. The fraction of sp³-hybridized carbons (Fsp3) is 0.200. The molecular formula is C15H15BrO4S. The van der Waals surface area contributed by atoms with Crippen LogP contribution in [-0.4, -0.2) is 26.9 Å². The SMILES string of the molecule is COc1ccc(C(O)c2ccc(S(C)(=O)=O)cc2)c(Br)c1. The second-order valence-corrected chi connectivity index (χ2v) is 7.50. The second-order valence-electron chi connectivity index (χ2n) is 4.63. The molecule has 0 amide bonds. The third kappa shape index (κ3) is 3.64. The largest absolute Gasteiger partial charge is 0.497 e. The maximum Gasteiger partial charge on any atom is 0.175 e. The number of benzene rings is 2. The number of hydrogen-bond donors (Lipinski definition) is 1. The molecule has 0 radical (unpaired) electrons. The maximum atomic E-state index is 11.4. The minimum Gasteiger partial charge on any atom is -0.497 e. The van der Waals surface area contributed by atoms with E-state index in [1.807, 2.05) is 0 Å². The van der Waals surface area contributed by atoms with E-state index in [2.05, 4.69) is 15.9 Å². The van der Waals surface area contributed by atoms with Crippen molar-refractivity contribution >= 4 is 25.8 Å². The average molecular weight is 371 g/mol. The Bertz CT molecular complexity index is 739. The van der Waals surface area contributed by atoms with E-state index in [0.29, 0.717) is 16.9 Å². The van der Waals surface area contributed by atoms with Crippen LogP contribution >= 0.6 is 15.9 Å². The average Bonchev–Trinajstić information content (AvgIpc) is 2.45. The molecular weight excluding hydrogens is 356 g/mol. The number of aliphatic hydroxyl groups excluding tert-OH is 1. The van der Waals surface area contributed by atoms with E-state index in [0.717, 1.165) is 10.7 Å². The quantitative estimate of drug-likeness (QED) is 0.898. The highest BCUT2D eigenvalue weighted by molar-refractivity contribution is 9.10. The van der Waals surface area contributed by atoms with Crippen molar-refractivity contribution in [1.29, 1.82) is 0 Å². The Morgan fingerprint density at radius 1 is 1.14 bits per heavy atom. The van der Waals surface area contributed by atoms with Gasteiger partial charge in [0.25, 0.3) is 0 Å². The van der Waals surface area contributed by atoms with Gasteiger partial charge in [0.15, 0.2) is 9.84 Å². The van der Waals surface area contributed by atoms with Gasteiger partial charge < -0.3 is 9.84 Å². The van der Waals surface area contributed by atoms with Crippen LogP contribution in [0.4, 0.5) is 0 Å². The molecule has 2 aromatic rings. The molecule has 1 atom stereocenters. The summed E-state index contributed by atoms with van der Waals surface area (Å²) >= 11 is 3.40. The van der Waals surface area contributed by atoms with E-state index in [9.17, 15) is 13.5 Å². The summed E-state index contributed by atoms with van der Waals surface area (Å²) in [6.07, 6.45) is 0.303. The van der Waals surface area contributed by atoms with Gasteiger partial charge >= 0.3 is 0 Å². The van der Waals surface area contributed by atoms with Crippen molar-refractivity contribution in [3.05, 3.63) is 58.1 Å². The predicted molar refractivity (Wildman–Crippen MR) is 84.3 cm³/mol. The number of sulfone groups is 1. The summed E-state index contributed by atoms with van der Waals surface area (Å²) in [6, 6.07) is 11.5. The van der Waals surface area contributed by atoms with Crippen LogP contribution in [0.15, 0.2) is 51.8 Å². The van der Waals surface area contributed by atoms with Gasteiger partial charge in [0.05, 0.1) is 12.0 Å². The zero-order valence-corrected chi connectivity index (χ0v) is 14.0. The van der Waals surface area contributed by atoms with Crippen molar-refractivity contribution in [3.63, 3.8) is 0 Å². The molecule has 0 saturated carbocycles. The molecule has 0 aliphatic carbocycles. The van der Waals surface area contributed by atoms with Crippen molar-refractivity contribution in [2.45, 2.75) is 11.0 Å². The summed E-state index contributed by atoms with van der Waals surface area (Å²) in [5, 5.41) is 10.4. The molecule has 21 heavy (non-hydrogen) atoms. The van der Waals surface area contributed by atoms with Crippen LogP contribution in [0.5, 0.6) is 5.75 Å². The van der Waals surface area contributed by atoms with Crippen molar-refractivity contribution < 1.29 is 18.3 Å². The Hall–Kier alpha value is -1.37. The van der Waals surface area contributed by atoms with E-state index in [-0.39, 0.29) is 4.90 Å². The van der Waals surface area contributed by atoms with Crippen LogP contribution in [0.3, 0.4) is 0 Å². The van der Waals surface area contributed by atoms with E-state index < -0.39 is 15.9 Å². The fourth-order valence-corrected chi connectivity index (χ4v) is 3.14. The van der Waals surface area contributed by atoms with E-state index in [1.165, 1.54) is 12.1 Å². The van der Waals surface area contributed by atoms with Gasteiger partial charge in [-0.05, 0) is 35.4 Å². The Kier molecular flexibility index (Phi) is 4.70. The molecule has 0 saturated heterocycles. The molecule has 0 aromatic heterocycles. The minimum absolute atomic E-state index is 0.229. The predicted octanol–water partition coefficient (Wildman–Crippen LogP) is 2.94. The number of rotatable bonds is 4. The second kappa shape index (κ2) is 6.17. The molecule has 2 rings (SSSR count). The first-order valence-electron chi connectivity index (χ1n) is 6.14. The Balaban J connectivity index is 2.34. The van der Waals surface area contributed by atoms with Gasteiger partial charge in [0.2, 0.25) is 0 Å². The highest BCUT2D eigenvalue weighted by Gasteiger charge is 2.15. The van der Waals surface area contributed by atoms with Gasteiger partial charge in [0.1, 0.15) is 11.9 Å². The highest BCUT2D eigenvalue weighted by Crippen LogP contribution is 2.31. The van der Waals surface area contributed by atoms with Gasteiger partial charge in [0, 0.05) is 10.7 Å². The van der Waals surface area contributed by atoms with Crippen molar-refractivity contribution in [2.75, 3.05) is 13.4 Å². The lowest BCUT2D eigenvalue weighted by Crippen LogP contribution is -2.02. The van der Waals surface area contributed by atoms with Crippen molar-refractivity contribution in [3.8, 4) is 5.75 Å². The third-order valence-corrected chi connectivity index (χ3v) is 4.94. The molecule has 4 nitrogen and oxygen atoms in total. The Morgan fingerprint density at radius 2 is 1.76 bits per heavy atom. The summed E-state index contributed by atoms with van der Waals surface area (Å²) in [5.41, 5.74) is 1.30. The standard InChI is InChI=1S/C15H15BrO4S/c1-20-11-5-8-13(14(16)9-11)15(17)10-3-6-12(7-4-10)21(2,18)19/h3-9,15,17H,1-2H3. The van der Waals surface area contributed by atoms with Crippen LogP contribution in [0.25, 0.3) is 0 Å². The summed E-state index contributed by atoms with van der Waals surface area (Å²) in [4.78, 5) is 0.229. The monoisotopic (exact) mass is 370 g/mol. The first kappa shape index (κ1) is 16.0. The molecule has 1 unspecified atom stereocenters. The van der Waals surface area contributed by atoms with Crippen molar-refractivity contribution in [2.24, 2.45) is 0 Å². The zero-order valence-electron chi connectivity index (χ0n) is 11.6. The molecule has 1 N–H and O–H groups in total. The molecule has 0 spiro atoms. The van der Waals surface area contributed by atoms with Crippen LogP contribution in [0.1, 0.15) is 17.2 Å². The summed E-state index contributed by atoms with van der Waals surface area (Å²) in [7, 11) is -1.66. The van der Waals surface area contributed by atoms with Crippen LogP contribution in [0, 0.1) is 0 Å². The molecule has 2 aromatic carbocycles. The van der Waals surface area contributed by atoms with Gasteiger partial charge in [-0.3, -0.25) is 0 Å². The number of methoxy groups -OCH3 is 1. The normalized spacial score (nSPS) is 13.0. The first-order chi connectivity index (χ1) is 9.82. The van der Waals surface area contributed by atoms with Gasteiger partial charge in [-0.25, -0.2) is 8.42 Å². The van der Waals surface area contributed by atoms with E-state index in [4.69, 9.17) is 4.74 Å². The zero-order chi connectivity index (χ0) is 15.6.